The predicted molar refractivity (Wildman–Crippen MR) is 55.3 cm³/mol. The number of H-pyrrole nitrogens is 1. The molecule has 0 aliphatic heterocycles. The van der Waals surface area contributed by atoms with Crippen molar-refractivity contribution >= 4 is 10.9 Å². The fraction of sp³-hybridized carbons (Fsp3) is 0.182. The topological polar surface area (TPSA) is 42.1 Å². The first kappa shape index (κ1) is 8.97. The first-order chi connectivity index (χ1) is 6.81. The Bertz CT molecular complexity index is 502. The minimum atomic E-state index is 0.0386. The molecule has 72 valence electrons. The number of fused-ring (bicyclic) bond motifs is 1. The SMILES string of the molecule is COCc1ccc2[nH]ccc(=O)c2c1. The lowest BCUT2D eigenvalue weighted by Crippen LogP contribution is -2.00. The number of rotatable bonds is 2. The van der Waals surface area contributed by atoms with Crippen LogP contribution in [0.15, 0.2) is 35.3 Å². The molecule has 2 rings (SSSR count). The van der Waals surface area contributed by atoms with Crippen molar-refractivity contribution in [1.29, 1.82) is 0 Å². The number of benzene rings is 1. The Labute approximate surface area is 81.3 Å². The van der Waals surface area contributed by atoms with Gasteiger partial charge in [0.25, 0.3) is 0 Å². The van der Waals surface area contributed by atoms with Crippen LogP contribution < -0.4 is 5.43 Å². The van der Waals surface area contributed by atoms with Crippen molar-refractivity contribution in [3.63, 3.8) is 0 Å². The van der Waals surface area contributed by atoms with E-state index in [4.69, 9.17) is 4.74 Å². The van der Waals surface area contributed by atoms with Crippen molar-refractivity contribution in [1.82, 2.24) is 4.98 Å². The Morgan fingerprint density at radius 3 is 3.00 bits per heavy atom. The number of hydrogen-bond acceptors (Lipinski definition) is 2. The van der Waals surface area contributed by atoms with Gasteiger partial charge in [0.05, 0.1) is 6.61 Å². The van der Waals surface area contributed by atoms with E-state index in [1.807, 2.05) is 18.2 Å². The van der Waals surface area contributed by atoms with Gasteiger partial charge in [0.15, 0.2) is 5.43 Å². The largest absolute Gasteiger partial charge is 0.380 e. The zero-order valence-electron chi connectivity index (χ0n) is 7.91. The summed E-state index contributed by atoms with van der Waals surface area (Å²) in [6, 6.07) is 7.23. The maximum atomic E-state index is 11.5. The lowest BCUT2D eigenvalue weighted by molar-refractivity contribution is 0.185. The first-order valence-corrected chi connectivity index (χ1v) is 4.40. The molecule has 0 aliphatic carbocycles. The smallest absolute Gasteiger partial charge is 0.189 e. The van der Waals surface area contributed by atoms with Crippen LogP contribution in [0.5, 0.6) is 0 Å². The maximum absolute atomic E-state index is 11.5. The summed E-state index contributed by atoms with van der Waals surface area (Å²) in [6.07, 6.45) is 1.65. The Hall–Kier alpha value is -1.61. The van der Waals surface area contributed by atoms with Gasteiger partial charge in [-0.1, -0.05) is 6.07 Å². The van der Waals surface area contributed by atoms with E-state index in [2.05, 4.69) is 4.98 Å². The van der Waals surface area contributed by atoms with Gasteiger partial charge in [0.2, 0.25) is 0 Å². The molecule has 0 radical (unpaired) electrons. The number of nitrogens with one attached hydrogen (secondary N) is 1. The highest BCUT2D eigenvalue weighted by Crippen LogP contribution is 2.10. The van der Waals surface area contributed by atoms with E-state index < -0.39 is 0 Å². The number of methoxy groups -OCH3 is 1. The molecule has 3 nitrogen and oxygen atoms in total. The predicted octanol–water partition coefficient (Wildman–Crippen LogP) is 1.67. The number of pyridine rings is 1. The van der Waals surface area contributed by atoms with E-state index in [9.17, 15) is 4.79 Å². The fourth-order valence-corrected chi connectivity index (χ4v) is 1.47. The summed E-state index contributed by atoms with van der Waals surface area (Å²) < 4.78 is 5.00. The first-order valence-electron chi connectivity index (χ1n) is 4.40. The Balaban J connectivity index is 2.64. The lowest BCUT2D eigenvalue weighted by atomic mass is 10.1. The second kappa shape index (κ2) is 3.64. The maximum Gasteiger partial charge on any atom is 0.189 e. The van der Waals surface area contributed by atoms with E-state index in [-0.39, 0.29) is 5.43 Å². The minimum Gasteiger partial charge on any atom is -0.380 e. The van der Waals surface area contributed by atoms with E-state index in [0.717, 1.165) is 11.1 Å². The molecule has 0 unspecified atom stereocenters. The molecule has 1 aromatic heterocycles. The Kier molecular flexibility index (Phi) is 2.33. The average Bonchev–Trinajstić information content (AvgIpc) is 2.20. The molecule has 0 saturated carbocycles. The van der Waals surface area contributed by atoms with Crippen LogP contribution in [0, 0.1) is 0 Å². The second-order valence-corrected chi connectivity index (χ2v) is 3.15. The number of aromatic nitrogens is 1. The Morgan fingerprint density at radius 2 is 2.21 bits per heavy atom. The molecule has 2 aromatic rings. The third kappa shape index (κ3) is 1.54. The van der Waals surface area contributed by atoms with Crippen molar-refractivity contribution in [2.24, 2.45) is 0 Å². The molecule has 0 spiro atoms. The van der Waals surface area contributed by atoms with Crippen LogP contribution in [0.1, 0.15) is 5.56 Å². The molecular formula is C11H11NO2. The standard InChI is InChI=1S/C11H11NO2/c1-14-7-8-2-3-10-9(6-8)11(13)4-5-12-10/h2-6H,7H2,1H3,(H,12,13). The van der Waals surface area contributed by atoms with E-state index in [1.165, 1.54) is 6.07 Å². The van der Waals surface area contributed by atoms with Crippen molar-refractivity contribution in [2.45, 2.75) is 6.61 Å². The Morgan fingerprint density at radius 1 is 1.36 bits per heavy atom. The molecule has 14 heavy (non-hydrogen) atoms. The minimum absolute atomic E-state index is 0.0386. The van der Waals surface area contributed by atoms with Crippen LogP contribution in [0.2, 0.25) is 0 Å². The number of aromatic amines is 1. The fourth-order valence-electron chi connectivity index (χ4n) is 1.47. The molecule has 1 N–H and O–H groups in total. The third-order valence-electron chi connectivity index (χ3n) is 2.13. The van der Waals surface area contributed by atoms with Gasteiger partial charge in [-0.15, -0.1) is 0 Å². The van der Waals surface area contributed by atoms with Crippen LogP contribution in [0.4, 0.5) is 0 Å². The van der Waals surface area contributed by atoms with Crippen LogP contribution in [0.25, 0.3) is 10.9 Å². The molecule has 0 fully saturated rings. The van der Waals surface area contributed by atoms with Crippen LogP contribution in [-0.2, 0) is 11.3 Å². The zero-order chi connectivity index (χ0) is 9.97. The summed E-state index contributed by atoms with van der Waals surface area (Å²) in [7, 11) is 1.64. The number of ether oxygens (including phenoxy) is 1. The summed E-state index contributed by atoms with van der Waals surface area (Å²) >= 11 is 0. The normalized spacial score (nSPS) is 10.6. The van der Waals surface area contributed by atoms with Crippen LogP contribution >= 0.6 is 0 Å². The molecule has 0 saturated heterocycles. The highest BCUT2D eigenvalue weighted by atomic mass is 16.5. The van der Waals surface area contributed by atoms with E-state index in [0.29, 0.717) is 12.0 Å². The summed E-state index contributed by atoms with van der Waals surface area (Å²) in [5.74, 6) is 0. The molecule has 3 heteroatoms. The molecule has 0 atom stereocenters. The summed E-state index contributed by atoms with van der Waals surface area (Å²) in [4.78, 5) is 14.5. The highest BCUT2D eigenvalue weighted by Gasteiger charge is 1.99. The molecule has 0 aliphatic rings. The quantitative estimate of drug-likeness (QED) is 0.780. The second-order valence-electron chi connectivity index (χ2n) is 3.15. The number of hydrogen-bond donors (Lipinski definition) is 1. The molecule has 0 bridgehead atoms. The van der Waals surface area contributed by atoms with Crippen molar-refractivity contribution in [3.8, 4) is 0 Å². The molecule has 0 amide bonds. The van der Waals surface area contributed by atoms with Gasteiger partial charge in [-0.25, -0.2) is 0 Å². The van der Waals surface area contributed by atoms with Crippen molar-refractivity contribution in [2.75, 3.05) is 7.11 Å². The molecule has 1 heterocycles. The monoisotopic (exact) mass is 189 g/mol. The highest BCUT2D eigenvalue weighted by molar-refractivity contribution is 5.78. The summed E-state index contributed by atoms with van der Waals surface area (Å²) in [6.45, 7) is 0.532. The van der Waals surface area contributed by atoms with E-state index >= 15 is 0 Å². The molecule has 1 aromatic carbocycles. The van der Waals surface area contributed by atoms with E-state index in [1.54, 1.807) is 13.3 Å². The summed E-state index contributed by atoms with van der Waals surface area (Å²) in [5, 5.41) is 0.710. The van der Waals surface area contributed by atoms with Gasteiger partial charge in [0.1, 0.15) is 0 Å². The molecular weight excluding hydrogens is 178 g/mol. The van der Waals surface area contributed by atoms with Gasteiger partial charge in [-0.3, -0.25) is 4.79 Å². The van der Waals surface area contributed by atoms with Gasteiger partial charge in [-0.05, 0) is 17.7 Å². The van der Waals surface area contributed by atoms with Crippen molar-refractivity contribution in [3.05, 3.63) is 46.2 Å². The van der Waals surface area contributed by atoms with Gasteiger partial charge >= 0.3 is 0 Å². The van der Waals surface area contributed by atoms with Crippen molar-refractivity contribution < 1.29 is 4.74 Å². The third-order valence-corrected chi connectivity index (χ3v) is 2.13. The summed E-state index contributed by atoms with van der Waals surface area (Å²) in [5.41, 5.74) is 1.91. The zero-order valence-corrected chi connectivity index (χ0v) is 7.91. The van der Waals surface area contributed by atoms with Gasteiger partial charge in [0, 0.05) is 30.3 Å². The van der Waals surface area contributed by atoms with Crippen LogP contribution in [-0.4, -0.2) is 12.1 Å². The van der Waals surface area contributed by atoms with Gasteiger partial charge < -0.3 is 9.72 Å². The lowest BCUT2D eigenvalue weighted by Gasteiger charge is -2.01. The average molecular weight is 189 g/mol. The van der Waals surface area contributed by atoms with Gasteiger partial charge in [-0.2, -0.15) is 0 Å². The van der Waals surface area contributed by atoms with Crippen LogP contribution in [0.3, 0.4) is 0 Å².